The Bertz CT molecular complexity index is 1360. The van der Waals surface area contributed by atoms with E-state index in [4.69, 9.17) is 0 Å². The summed E-state index contributed by atoms with van der Waals surface area (Å²) >= 11 is 0. The van der Waals surface area contributed by atoms with Crippen LogP contribution in [0.25, 0.3) is 22.1 Å². The van der Waals surface area contributed by atoms with Gasteiger partial charge in [-0.15, -0.1) is 9.89 Å². The van der Waals surface area contributed by atoms with Crippen LogP contribution in [-0.2, 0) is 7.05 Å². The second-order valence-electron chi connectivity index (χ2n) is 8.64. The summed E-state index contributed by atoms with van der Waals surface area (Å²) in [6.45, 7) is 7.76. The molecule has 4 aromatic rings. The van der Waals surface area contributed by atoms with Gasteiger partial charge in [0.15, 0.2) is 0 Å². The molecule has 1 aromatic carbocycles. The lowest BCUT2D eigenvalue weighted by Crippen LogP contribution is -2.61. The average Bonchev–Trinajstić information content (AvgIpc) is 3.13. The number of hydrogen-bond acceptors (Lipinski definition) is 6. The summed E-state index contributed by atoms with van der Waals surface area (Å²) in [7, 11) is 1.57. The van der Waals surface area contributed by atoms with Crippen molar-refractivity contribution in [3.05, 3.63) is 64.6 Å². The highest BCUT2D eigenvalue weighted by molar-refractivity contribution is 5.75. The minimum absolute atomic E-state index is 0.0229. The van der Waals surface area contributed by atoms with E-state index in [0.29, 0.717) is 12.1 Å². The van der Waals surface area contributed by atoms with E-state index in [1.807, 2.05) is 11.1 Å². The van der Waals surface area contributed by atoms with E-state index in [9.17, 15) is 4.79 Å². The highest BCUT2D eigenvalue weighted by Crippen LogP contribution is 2.28. The molecule has 1 aliphatic heterocycles. The van der Waals surface area contributed by atoms with Gasteiger partial charge in [0.1, 0.15) is 11.0 Å². The van der Waals surface area contributed by atoms with Crippen molar-refractivity contribution in [2.45, 2.75) is 38.9 Å². The predicted molar refractivity (Wildman–Crippen MR) is 122 cm³/mol. The first-order valence-electron chi connectivity index (χ1n) is 10.8. The van der Waals surface area contributed by atoms with Gasteiger partial charge in [-0.3, -0.25) is 24.7 Å². The first-order chi connectivity index (χ1) is 15.3. The van der Waals surface area contributed by atoms with Crippen LogP contribution in [0.2, 0.25) is 0 Å². The third-order valence-corrected chi connectivity index (χ3v) is 6.58. The Hall–Kier alpha value is -3.33. The van der Waals surface area contributed by atoms with E-state index in [1.165, 1.54) is 21.0 Å². The number of aromatic nitrogens is 5. The molecule has 0 bridgehead atoms. The van der Waals surface area contributed by atoms with Crippen LogP contribution in [0.3, 0.4) is 0 Å². The summed E-state index contributed by atoms with van der Waals surface area (Å²) in [6.07, 6.45) is 3.41. The van der Waals surface area contributed by atoms with Crippen LogP contribution in [0.1, 0.15) is 32.4 Å². The van der Waals surface area contributed by atoms with Gasteiger partial charge in [-0.05, 0) is 44.5 Å². The monoisotopic (exact) mass is 435 g/mol. The molecule has 3 aromatic heterocycles. The van der Waals surface area contributed by atoms with Crippen LogP contribution < -0.4 is 10.6 Å². The second kappa shape index (κ2) is 7.67. The van der Waals surface area contributed by atoms with Crippen molar-refractivity contribution in [3.8, 4) is 0 Å². The van der Waals surface area contributed by atoms with Crippen molar-refractivity contribution in [2.24, 2.45) is 7.05 Å². The molecule has 0 spiro atoms. The number of pyridine rings is 1. The zero-order valence-electron chi connectivity index (χ0n) is 18.6. The highest BCUT2D eigenvalue weighted by atomic mass is 19.1. The normalized spacial score (nSPS) is 20.8. The first kappa shape index (κ1) is 20.6. The van der Waals surface area contributed by atoms with Crippen molar-refractivity contribution in [1.82, 2.24) is 29.3 Å². The van der Waals surface area contributed by atoms with Gasteiger partial charge in [0, 0.05) is 44.1 Å². The lowest BCUT2D eigenvalue weighted by atomic mass is 10.0. The van der Waals surface area contributed by atoms with E-state index in [0.717, 1.165) is 17.6 Å². The molecule has 4 heterocycles. The summed E-state index contributed by atoms with van der Waals surface area (Å²) in [5.41, 5.74) is 3.38. The maximum atomic E-state index is 15.3. The van der Waals surface area contributed by atoms with Crippen LogP contribution in [0, 0.1) is 5.95 Å². The Morgan fingerprint density at radius 1 is 1.00 bits per heavy atom. The number of fused-ring (bicyclic) bond motifs is 2. The van der Waals surface area contributed by atoms with Crippen LogP contribution in [0.4, 0.5) is 4.39 Å². The van der Waals surface area contributed by atoms with Crippen LogP contribution in [-0.4, -0.2) is 54.5 Å². The topological polar surface area (TPSA) is 72.1 Å². The number of halogens is 1. The highest BCUT2D eigenvalue weighted by Gasteiger charge is 2.34. The molecule has 0 aliphatic carbocycles. The Balaban J connectivity index is 1.43. The molecular formula is C23H26FN7O. The van der Waals surface area contributed by atoms with Gasteiger partial charge in [-0.1, -0.05) is 6.07 Å². The van der Waals surface area contributed by atoms with Gasteiger partial charge in [0.05, 0.1) is 23.6 Å². The molecule has 3 atom stereocenters. The number of nitrogens with zero attached hydrogens (tertiary/aromatic N) is 7. The van der Waals surface area contributed by atoms with Crippen molar-refractivity contribution in [3.63, 3.8) is 0 Å². The van der Waals surface area contributed by atoms with Crippen molar-refractivity contribution >= 4 is 22.1 Å². The van der Waals surface area contributed by atoms with E-state index in [1.54, 1.807) is 25.5 Å². The fourth-order valence-electron chi connectivity index (χ4n) is 4.73. The zero-order valence-corrected chi connectivity index (χ0v) is 18.6. The molecule has 32 heavy (non-hydrogen) atoms. The van der Waals surface area contributed by atoms with Crippen LogP contribution >= 0.6 is 0 Å². The fraction of sp³-hybridized carbons (Fsp3) is 0.391. The van der Waals surface area contributed by atoms with Gasteiger partial charge < -0.3 is 4.57 Å². The molecular weight excluding hydrogens is 409 g/mol. The van der Waals surface area contributed by atoms with E-state index in [-0.39, 0.29) is 29.2 Å². The first-order valence-corrected chi connectivity index (χ1v) is 10.8. The number of aryl methyl sites for hydroxylation is 1. The van der Waals surface area contributed by atoms with Crippen LogP contribution in [0.15, 0.2) is 47.5 Å². The maximum Gasteiger partial charge on any atom is 0.256 e. The van der Waals surface area contributed by atoms with Gasteiger partial charge in [0.2, 0.25) is 0 Å². The smallest absolute Gasteiger partial charge is 0.256 e. The van der Waals surface area contributed by atoms with Gasteiger partial charge >= 0.3 is 0 Å². The molecule has 9 heteroatoms. The Kier molecular flexibility index (Phi) is 4.93. The zero-order chi connectivity index (χ0) is 22.6. The second-order valence-corrected chi connectivity index (χ2v) is 8.64. The predicted octanol–water partition coefficient (Wildman–Crippen LogP) is 2.61. The Morgan fingerprint density at radius 2 is 1.72 bits per heavy atom. The number of benzene rings is 1. The van der Waals surface area contributed by atoms with Crippen molar-refractivity contribution < 1.29 is 4.39 Å². The van der Waals surface area contributed by atoms with Gasteiger partial charge in [-0.25, -0.2) is 0 Å². The summed E-state index contributed by atoms with van der Waals surface area (Å²) in [5.74, 6) is -0.506. The molecule has 166 valence electrons. The third kappa shape index (κ3) is 3.24. The molecule has 5 rings (SSSR count). The molecule has 0 radical (unpaired) electrons. The summed E-state index contributed by atoms with van der Waals surface area (Å²) in [4.78, 5) is 24.5. The molecule has 1 aliphatic rings. The standard InChI is InChI=1S/C23H26FN7O/c1-14-13-30(31-23(24)22-19(27-31)7-8-21(32)28(22)4)15(2)12-29(14)16(3)17-5-6-18-20(11-17)26-10-9-25-18/h5-11,14-16H,12-13H2,1-4H3/t14-,15+,16-/m1/s1. The molecule has 0 amide bonds. The Morgan fingerprint density at radius 3 is 2.50 bits per heavy atom. The summed E-state index contributed by atoms with van der Waals surface area (Å²) in [5, 5.41) is 6.40. The third-order valence-electron chi connectivity index (χ3n) is 6.58. The quantitative estimate of drug-likeness (QED) is 0.493. The van der Waals surface area contributed by atoms with Gasteiger partial charge in [-0.2, -0.15) is 4.39 Å². The largest absolute Gasteiger partial charge is 0.306 e. The van der Waals surface area contributed by atoms with E-state index >= 15 is 4.39 Å². The maximum absolute atomic E-state index is 15.3. The molecule has 0 saturated carbocycles. The van der Waals surface area contributed by atoms with Crippen molar-refractivity contribution in [1.29, 1.82) is 0 Å². The Labute approximate surface area is 184 Å². The minimum atomic E-state index is -0.506. The molecule has 0 unspecified atom stereocenters. The molecule has 1 saturated heterocycles. The molecule has 0 N–H and O–H groups in total. The van der Waals surface area contributed by atoms with Gasteiger partial charge in [0.25, 0.3) is 11.5 Å². The number of hydrogen-bond donors (Lipinski definition) is 0. The van der Waals surface area contributed by atoms with E-state index in [2.05, 4.69) is 52.9 Å². The SMILES string of the molecule is C[C@@H]1CN(n2nc3ccc(=O)n(C)c3c2F)[C@@H](C)CN1[C@H](C)c1ccc2nccnc2c1. The average molecular weight is 436 g/mol. The lowest BCUT2D eigenvalue weighted by molar-refractivity contribution is 0.101. The summed E-state index contributed by atoms with van der Waals surface area (Å²) in [6, 6.07) is 9.55. The molecule has 8 nitrogen and oxygen atoms in total. The lowest BCUT2D eigenvalue weighted by Gasteiger charge is -2.47. The van der Waals surface area contributed by atoms with Crippen molar-refractivity contribution in [2.75, 3.05) is 18.1 Å². The van der Waals surface area contributed by atoms with Crippen LogP contribution in [0.5, 0.6) is 0 Å². The molecule has 1 fully saturated rings. The minimum Gasteiger partial charge on any atom is -0.306 e. The number of piperazine rings is 1. The fourth-order valence-corrected chi connectivity index (χ4v) is 4.73. The summed E-state index contributed by atoms with van der Waals surface area (Å²) < 4.78 is 16.6. The number of rotatable bonds is 3. The van der Waals surface area contributed by atoms with E-state index < -0.39 is 5.95 Å².